The number of nitrogens with zero attached hydrogens (tertiary/aromatic N) is 2. The molecule has 0 radical (unpaired) electrons. The van der Waals surface area contributed by atoms with Gasteiger partial charge in [-0.3, -0.25) is 4.79 Å². The molecule has 1 aromatic rings. The number of thioether (sulfide) groups is 1. The van der Waals surface area contributed by atoms with Crippen molar-refractivity contribution >= 4 is 34.9 Å². The third-order valence-corrected chi connectivity index (χ3v) is 4.53. The smallest absolute Gasteiger partial charge is 0.139 e. The minimum Gasteiger partial charge on any atom is -0.299 e. The Labute approximate surface area is 133 Å². The summed E-state index contributed by atoms with van der Waals surface area (Å²) >= 11 is 7.36. The topological polar surface area (TPSA) is 53.2 Å². The van der Waals surface area contributed by atoms with Crippen molar-refractivity contribution in [1.29, 1.82) is 5.26 Å². The van der Waals surface area contributed by atoms with E-state index >= 15 is 0 Å². The van der Waals surface area contributed by atoms with E-state index in [2.05, 4.69) is 11.1 Å². The molecule has 0 saturated heterocycles. The molecule has 0 fully saturated rings. The molecule has 2 rings (SSSR count). The van der Waals surface area contributed by atoms with E-state index in [9.17, 15) is 10.1 Å². The van der Waals surface area contributed by atoms with Gasteiger partial charge in [-0.15, -0.1) is 11.8 Å². The Morgan fingerprint density at radius 3 is 2.48 bits per heavy atom. The molecule has 0 aliphatic carbocycles. The maximum absolute atomic E-state index is 12.1. The number of hydrogen-bond acceptors (Lipinski definition) is 4. The van der Waals surface area contributed by atoms with Crippen LogP contribution in [0.5, 0.6) is 0 Å². The predicted octanol–water partition coefficient (Wildman–Crippen LogP) is 4.20. The molecule has 1 aliphatic rings. The maximum atomic E-state index is 12.1. The molecular weight excluding hydrogens is 304 g/mol. The first-order valence-corrected chi connectivity index (χ1v) is 8.09. The van der Waals surface area contributed by atoms with Crippen molar-refractivity contribution in [3.63, 3.8) is 0 Å². The zero-order valence-corrected chi connectivity index (χ0v) is 13.6. The van der Waals surface area contributed by atoms with Gasteiger partial charge in [-0.2, -0.15) is 5.26 Å². The molecule has 5 heteroatoms. The normalized spacial score (nSPS) is 21.8. The van der Waals surface area contributed by atoms with Gasteiger partial charge in [0.25, 0.3) is 0 Å². The van der Waals surface area contributed by atoms with Gasteiger partial charge in [0.05, 0.1) is 17.6 Å². The average Bonchev–Trinajstić information content (AvgIpc) is 2.46. The Kier molecular flexibility index (Phi) is 4.87. The van der Waals surface area contributed by atoms with Gasteiger partial charge in [-0.25, -0.2) is 4.99 Å². The Balaban J connectivity index is 2.63. The van der Waals surface area contributed by atoms with Crippen molar-refractivity contribution in [1.82, 2.24) is 0 Å². The molecule has 1 unspecified atom stereocenters. The van der Waals surface area contributed by atoms with E-state index < -0.39 is 5.92 Å². The quantitative estimate of drug-likeness (QED) is 0.839. The van der Waals surface area contributed by atoms with Crippen LogP contribution >= 0.6 is 23.4 Å². The lowest BCUT2D eigenvalue weighted by molar-refractivity contribution is -0.119. The second kappa shape index (κ2) is 6.46. The van der Waals surface area contributed by atoms with Crippen LogP contribution in [0.15, 0.2) is 39.9 Å². The fourth-order valence-corrected chi connectivity index (χ4v) is 3.42. The third-order valence-electron chi connectivity index (χ3n) is 3.58. The highest BCUT2D eigenvalue weighted by Crippen LogP contribution is 2.41. The summed E-state index contributed by atoms with van der Waals surface area (Å²) < 4.78 is 0. The van der Waals surface area contributed by atoms with Gasteiger partial charge < -0.3 is 0 Å². The van der Waals surface area contributed by atoms with Crippen LogP contribution < -0.4 is 0 Å². The number of aliphatic imine (C=N–C) groups is 1. The summed E-state index contributed by atoms with van der Waals surface area (Å²) in [4.78, 5) is 16.5. The van der Waals surface area contributed by atoms with E-state index in [0.717, 1.165) is 11.3 Å². The van der Waals surface area contributed by atoms with Crippen LogP contribution in [0.4, 0.5) is 0 Å². The molecule has 1 aliphatic heterocycles. The monoisotopic (exact) mass is 318 g/mol. The van der Waals surface area contributed by atoms with Crippen molar-refractivity contribution in [3.8, 4) is 6.07 Å². The van der Waals surface area contributed by atoms with E-state index in [1.807, 2.05) is 25.3 Å². The number of ketones is 1. The van der Waals surface area contributed by atoms with Crippen LogP contribution in [0.25, 0.3) is 0 Å². The molecule has 2 atom stereocenters. The van der Waals surface area contributed by atoms with Gasteiger partial charge >= 0.3 is 0 Å². The van der Waals surface area contributed by atoms with Gasteiger partial charge in [-0.05, 0) is 37.8 Å². The van der Waals surface area contributed by atoms with E-state index in [0.29, 0.717) is 15.6 Å². The van der Waals surface area contributed by atoms with Gasteiger partial charge in [0, 0.05) is 16.7 Å². The molecule has 0 saturated carbocycles. The molecule has 21 heavy (non-hydrogen) atoms. The number of Topliss-reactive ketones (excluding diaryl/α,β-unsaturated/α-hetero) is 1. The zero-order chi connectivity index (χ0) is 15.6. The molecular formula is C16H15ClN2OS. The highest BCUT2D eigenvalue weighted by atomic mass is 35.5. The summed E-state index contributed by atoms with van der Waals surface area (Å²) in [6.07, 6.45) is 1.89. The number of carbonyl (C=O) groups excluding carboxylic acids is 1. The highest BCUT2D eigenvalue weighted by molar-refractivity contribution is 8.02. The minimum atomic E-state index is -0.392. The molecule has 0 bridgehead atoms. The van der Waals surface area contributed by atoms with Gasteiger partial charge in [0.2, 0.25) is 0 Å². The Hall–Kier alpha value is -1.57. The van der Waals surface area contributed by atoms with E-state index in [1.54, 1.807) is 19.1 Å². The third kappa shape index (κ3) is 3.04. The molecule has 0 N–H and O–H groups in total. The summed E-state index contributed by atoms with van der Waals surface area (Å²) in [5.41, 5.74) is 2.22. The van der Waals surface area contributed by atoms with Crippen molar-refractivity contribution in [2.45, 2.75) is 19.8 Å². The molecule has 3 nitrogen and oxygen atoms in total. The second-order valence-corrected chi connectivity index (χ2v) is 6.14. The first kappa shape index (κ1) is 15.8. The van der Waals surface area contributed by atoms with E-state index in [1.165, 1.54) is 11.8 Å². The summed E-state index contributed by atoms with van der Waals surface area (Å²) in [5, 5.41) is 10.9. The van der Waals surface area contributed by atoms with Crippen LogP contribution in [-0.2, 0) is 4.79 Å². The largest absolute Gasteiger partial charge is 0.299 e. The maximum Gasteiger partial charge on any atom is 0.139 e. The standard InChI is InChI=1S/C16H15ClN2OS/c1-9-14(10(2)20)15(11-4-6-12(17)7-5-11)13(8-18)16(19-9)21-3/h4-7,14-15H,1-3H3/t14?,15-/m1/s1. The lowest BCUT2D eigenvalue weighted by Crippen LogP contribution is -2.31. The predicted molar refractivity (Wildman–Crippen MR) is 87.6 cm³/mol. The molecule has 1 heterocycles. The molecule has 0 amide bonds. The number of allylic oxidation sites excluding steroid dienone is 1. The van der Waals surface area contributed by atoms with Crippen LogP contribution in [-0.4, -0.2) is 17.8 Å². The summed E-state index contributed by atoms with van der Waals surface area (Å²) in [6, 6.07) is 9.55. The van der Waals surface area contributed by atoms with E-state index in [-0.39, 0.29) is 11.7 Å². The molecule has 108 valence electrons. The Bertz CT molecular complexity index is 671. The van der Waals surface area contributed by atoms with Crippen molar-refractivity contribution in [2.24, 2.45) is 10.9 Å². The number of rotatable bonds is 3. The van der Waals surface area contributed by atoms with Crippen molar-refractivity contribution < 1.29 is 4.79 Å². The number of nitriles is 1. The SMILES string of the molecule is CSC1=C(C#N)[C@@H](c2ccc(Cl)cc2)C(C(C)=O)C(C)=N1. The number of hydrogen-bond donors (Lipinski definition) is 0. The van der Waals surface area contributed by atoms with Crippen LogP contribution in [0.2, 0.25) is 5.02 Å². The number of carbonyl (C=O) groups is 1. The molecule has 0 aromatic heterocycles. The number of benzene rings is 1. The van der Waals surface area contributed by atoms with Gasteiger partial charge in [0.15, 0.2) is 0 Å². The van der Waals surface area contributed by atoms with Crippen molar-refractivity contribution in [3.05, 3.63) is 45.5 Å². The Morgan fingerprint density at radius 2 is 2.00 bits per heavy atom. The average molecular weight is 319 g/mol. The zero-order valence-electron chi connectivity index (χ0n) is 12.1. The number of halogens is 1. The molecule has 0 spiro atoms. The first-order valence-electron chi connectivity index (χ1n) is 6.49. The summed E-state index contributed by atoms with van der Waals surface area (Å²) in [6.45, 7) is 3.39. The second-order valence-electron chi connectivity index (χ2n) is 4.91. The Morgan fingerprint density at radius 1 is 1.38 bits per heavy atom. The van der Waals surface area contributed by atoms with Gasteiger partial charge in [-0.1, -0.05) is 23.7 Å². The van der Waals surface area contributed by atoms with Crippen LogP contribution in [0, 0.1) is 17.2 Å². The fraction of sp³-hybridized carbons (Fsp3) is 0.312. The van der Waals surface area contributed by atoms with Crippen LogP contribution in [0.3, 0.4) is 0 Å². The fourth-order valence-electron chi connectivity index (χ4n) is 2.66. The lowest BCUT2D eigenvalue weighted by Gasteiger charge is -2.29. The van der Waals surface area contributed by atoms with Crippen LogP contribution in [0.1, 0.15) is 25.3 Å². The molecule has 1 aromatic carbocycles. The van der Waals surface area contributed by atoms with Gasteiger partial charge in [0.1, 0.15) is 10.8 Å². The lowest BCUT2D eigenvalue weighted by atomic mass is 9.75. The minimum absolute atomic E-state index is 0.0177. The highest BCUT2D eigenvalue weighted by Gasteiger charge is 2.37. The first-order chi connectivity index (χ1) is 9.99. The van der Waals surface area contributed by atoms with E-state index in [4.69, 9.17) is 11.6 Å². The summed E-state index contributed by atoms with van der Waals surface area (Å²) in [7, 11) is 0. The summed E-state index contributed by atoms with van der Waals surface area (Å²) in [5.74, 6) is -0.662. The van der Waals surface area contributed by atoms with Crippen molar-refractivity contribution in [2.75, 3.05) is 6.26 Å².